The molecule has 5 rings (SSSR count). The smallest absolute Gasteiger partial charge is 0.220 e. The first-order valence-electron chi connectivity index (χ1n) is 14.9. The van der Waals surface area contributed by atoms with Crippen molar-refractivity contribution in [2.24, 2.45) is 0 Å². The molecule has 2 aromatic rings. The number of aliphatic hydroxyl groups excluding tert-OH is 3. The second kappa shape index (κ2) is 13.2. The van der Waals surface area contributed by atoms with Crippen LogP contribution < -0.4 is 5.32 Å². The molecule has 46 heavy (non-hydrogen) atoms. The van der Waals surface area contributed by atoms with Crippen LogP contribution in [0.3, 0.4) is 0 Å². The Morgan fingerprint density at radius 2 is 1.78 bits per heavy atom. The molecule has 4 unspecified atom stereocenters. The second-order valence-corrected chi connectivity index (χ2v) is 11.9. The Morgan fingerprint density at radius 1 is 1.09 bits per heavy atom. The van der Waals surface area contributed by atoms with Crippen LogP contribution >= 0.6 is 0 Å². The van der Waals surface area contributed by atoms with Crippen LogP contribution in [-0.2, 0) is 36.8 Å². The molecular formula is C32H37NO13. The Hall–Kier alpha value is -3.76. The molecule has 0 radical (unpaired) electrons. The number of carbonyl (C=O) groups is 4. The standard InChI is InChI=1S/C32H37NO13/c1-14-27(38)19(33-22(37)4-3-7-44-2)9-23(45-14)46-20-11-32(43,21(36)13-35)10-18-24(20)31(42)26-25(30(18)41)28(39)16-6-5-15(12-34)8-17(16)29(26)40/h5-6,8,14,19-20,23,27,34-35,38,41-43H,3-4,7,9-13H2,1-2H3,(H,33,37)/t14?,19?,20-,23?,27?,32-/m0/s1. The molecule has 2 aromatic carbocycles. The lowest BCUT2D eigenvalue weighted by molar-refractivity contribution is -0.249. The first-order valence-corrected chi connectivity index (χ1v) is 14.9. The van der Waals surface area contributed by atoms with E-state index in [9.17, 15) is 49.8 Å². The molecule has 1 saturated heterocycles. The Bertz CT molecular complexity index is 1570. The SMILES string of the molecule is COCCCC(=O)NC1CC(O[C@H]2C[C@](O)(C(=O)CO)Cc3c(O)c4c(c(O)c32)C(=O)c2cc(CO)ccc2C4=O)OC(C)C1O. The summed E-state index contributed by atoms with van der Waals surface area (Å²) in [7, 11) is 1.51. The summed E-state index contributed by atoms with van der Waals surface area (Å²) in [6.45, 7) is 0.436. The van der Waals surface area contributed by atoms with Crippen LogP contribution in [0.4, 0.5) is 0 Å². The summed E-state index contributed by atoms with van der Waals surface area (Å²) >= 11 is 0. The summed E-state index contributed by atoms with van der Waals surface area (Å²) in [5, 5.41) is 67.1. The molecular weight excluding hydrogens is 606 g/mol. The Balaban J connectivity index is 1.55. The van der Waals surface area contributed by atoms with E-state index in [4.69, 9.17) is 14.2 Å². The second-order valence-electron chi connectivity index (χ2n) is 11.9. The Labute approximate surface area is 263 Å². The minimum Gasteiger partial charge on any atom is -0.507 e. The molecule has 7 N–H and O–H groups in total. The van der Waals surface area contributed by atoms with Crippen molar-refractivity contribution in [2.45, 2.75) is 81.9 Å². The van der Waals surface area contributed by atoms with Gasteiger partial charge in [-0.3, -0.25) is 19.2 Å². The van der Waals surface area contributed by atoms with Gasteiger partial charge in [0.1, 0.15) is 29.8 Å². The highest BCUT2D eigenvalue weighted by Gasteiger charge is 2.50. The number of amides is 1. The molecule has 2 aliphatic carbocycles. The van der Waals surface area contributed by atoms with E-state index in [1.807, 2.05) is 0 Å². The third-order valence-corrected chi connectivity index (χ3v) is 8.90. The molecule has 1 fully saturated rings. The average Bonchev–Trinajstić information content (AvgIpc) is 3.03. The number of hydrogen-bond acceptors (Lipinski definition) is 13. The highest BCUT2D eigenvalue weighted by molar-refractivity contribution is 6.30. The van der Waals surface area contributed by atoms with Crippen LogP contribution in [-0.4, -0.2) is 104 Å². The van der Waals surface area contributed by atoms with E-state index >= 15 is 0 Å². The number of nitrogens with one attached hydrogen (secondary N) is 1. The summed E-state index contributed by atoms with van der Waals surface area (Å²) in [6.07, 6.45) is -5.25. The lowest BCUT2D eigenvalue weighted by atomic mass is 9.72. The van der Waals surface area contributed by atoms with Gasteiger partial charge in [0.05, 0.1) is 36.0 Å². The van der Waals surface area contributed by atoms with Gasteiger partial charge >= 0.3 is 0 Å². The highest BCUT2D eigenvalue weighted by Crippen LogP contribution is 2.52. The molecule has 0 saturated carbocycles. The van der Waals surface area contributed by atoms with Crippen LogP contribution in [0.1, 0.15) is 87.2 Å². The normalized spacial score (nSPS) is 27.0. The molecule has 0 spiro atoms. The van der Waals surface area contributed by atoms with Crippen molar-refractivity contribution in [3.63, 3.8) is 0 Å². The summed E-state index contributed by atoms with van der Waals surface area (Å²) < 4.78 is 17.0. The van der Waals surface area contributed by atoms with Crippen LogP contribution in [0.25, 0.3) is 0 Å². The number of carbonyl (C=O) groups excluding carboxylic acids is 4. The molecule has 1 amide bonds. The topological polar surface area (TPSA) is 229 Å². The minimum atomic E-state index is -2.31. The largest absolute Gasteiger partial charge is 0.507 e. The quantitative estimate of drug-likeness (QED) is 0.115. The molecule has 0 aromatic heterocycles. The molecule has 14 nitrogen and oxygen atoms in total. The number of Topliss-reactive ketones (excluding diaryl/α,β-unsaturated/α-hetero) is 1. The average molecular weight is 644 g/mol. The predicted octanol–water partition coefficient (Wildman–Crippen LogP) is 0.0691. The van der Waals surface area contributed by atoms with Gasteiger partial charge < -0.3 is 50.2 Å². The number of phenols is 2. The van der Waals surface area contributed by atoms with Crippen LogP contribution in [0.5, 0.6) is 11.5 Å². The maximum Gasteiger partial charge on any atom is 0.220 e. The lowest BCUT2D eigenvalue weighted by Gasteiger charge is -2.43. The van der Waals surface area contributed by atoms with E-state index in [1.54, 1.807) is 6.92 Å². The van der Waals surface area contributed by atoms with Gasteiger partial charge in [-0.2, -0.15) is 0 Å². The van der Waals surface area contributed by atoms with E-state index in [0.717, 1.165) is 0 Å². The van der Waals surface area contributed by atoms with Crippen molar-refractivity contribution >= 4 is 23.3 Å². The van der Waals surface area contributed by atoms with E-state index in [1.165, 1.54) is 25.3 Å². The zero-order valence-electron chi connectivity index (χ0n) is 25.3. The lowest BCUT2D eigenvalue weighted by Crippen LogP contribution is -2.55. The van der Waals surface area contributed by atoms with Crippen molar-refractivity contribution in [3.05, 3.63) is 57.1 Å². The number of hydrogen-bond donors (Lipinski definition) is 7. The number of ketones is 3. The summed E-state index contributed by atoms with van der Waals surface area (Å²) in [4.78, 5) is 52.5. The van der Waals surface area contributed by atoms with Crippen molar-refractivity contribution < 1.29 is 64.0 Å². The van der Waals surface area contributed by atoms with Crippen LogP contribution in [0.15, 0.2) is 18.2 Å². The third-order valence-electron chi connectivity index (χ3n) is 8.90. The Morgan fingerprint density at radius 3 is 2.46 bits per heavy atom. The van der Waals surface area contributed by atoms with Gasteiger partial charge in [0.15, 0.2) is 23.6 Å². The zero-order chi connectivity index (χ0) is 33.5. The van der Waals surface area contributed by atoms with Gasteiger partial charge in [-0.15, -0.1) is 0 Å². The predicted molar refractivity (Wildman–Crippen MR) is 156 cm³/mol. The first-order chi connectivity index (χ1) is 21.8. The van der Waals surface area contributed by atoms with Gasteiger partial charge in [-0.25, -0.2) is 0 Å². The number of ether oxygens (including phenoxy) is 3. The number of benzene rings is 2. The minimum absolute atomic E-state index is 0.0758. The van der Waals surface area contributed by atoms with Crippen LogP contribution in [0, 0.1) is 0 Å². The van der Waals surface area contributed by atoms with E-state index in [-0.39, 0.29) is 41.0 Å². The zero-order valence-corrected chi connectivity index (χ0v) is 25.3. The van der Waals surface area contributed by atoms with Gasteiger partial charge in [0, 0.05) is 61.7 Å². The van der Waals surface area contributed by atoms with Gasteiger partial charge in [-0.1, -0.05) is 6.07 Å². The van der Waals surface area contributed by atoms with Crippen molar-refractivity contribution in [1.29, 1.82) is 0 Å². The summed E-state index contributed by atoms with van der Waals surface area (Å²) in [5.74, 6) is -4.42. The molecule has 3 aliphatic rings. The molecule has 1 aliphatic heterocycles. The van der Waals surface area contributed by atoms with Gasteiger partial charge in [0.2, 0.25) is 5.91 Å². The number of rotatable bonds is 10. The molecule has 0 bridgehead atoms. The Kier molecular flexibility index (Phi) is 9.61. The van der Waals surface area contributed by atoms with Crippen LogP contribution in [0.2, 0.25) is 0 Å². The van der Waals surface area contributed by atoms with Gasteiger partial charge in [-0.05, 0) is 31.0 Å². The molecule has 6 atom stereocenters. The number of methoxy groups -OCH3 is 1. The molecule has 14 heteroatoms. The number of fused-ring (bicyclic) bond motifs is 3. The number of aromatic hydroxyl groups is 2. The fourth-order valence-corrected chi connectivity index (χ4v) is 6.48. The first kappa shape index (κ1) is 33.6. The van der Waals surface area contributed by atoms with Crippen molar-refractivity contribution in [2.75, 3.05) is 20.3 Å². The highest BCUT2D eigenvalue weighted by atomic mass is 16.7. The molecule has 248 valence electrons. The molecule has 1 heterocycles. The maximum absolute atomic E-state index is 13.7. The third kappa shape index (κ3) is 5.93. The van der Waals surface area contributed by atoms with Crippen molar-refractivity contribution in [3.8, 4) is 11.5 Å². The fraction of sp³-hybridized carbons (Fsp3) is 0.500. The number of phenolic OH excluding ortho intramolecular Hbond substituents is 2. The van der Waals surface area contributed by atoms with Crippen molar-refractivity contribution in [1.82, 2.24) is 5.32 Å². The number of aliphatic hydroxyl groups is 4. The summed E-state index contributed by atoms with van der Waals surface area (Å²) in [5.41, 5.74) is -3.58. The van der Waals surface area contributed by atoms with E-state index in [2.05, 4.69) is 5.32 Å². The monoisotopic (exact) mass is 643 g/mol. The van der Waals surface area contributed by atoms with Gasteiger partial charge in [0.25, 0.3) is 0 Å². The van der Waals surface area contributed by atoms with E-state index in [0.29, 0.717) is 18.6 Å². The summed E-state index contributed by atoms with van der Waals surface area (Å²) in [6, 6.07) is 3.24. The fourth-order valence-electron chi connectivity index (χ4n) is 6.48. The van der Waals surface area contributed by atoms with E-state index < -0.39 is 102 Å². The maximum atomic E-state index is 13.7.